The van der Waals surface area contributed by atoms with Gasteiger partial charge >= 0.3 is 0 Å². The summed E-state index contributed by atoms with van der Waals surface area (Å²) in [5.74, 6) is 1.14. The van der Waals surface area contributed by atoms with E-state index < -0.39 is 10.0 Å². The zero-order valence-corrected chi connectivity index (χ0v) is 21.7. The Kier molecular flexibility index (Phi) is 8.02. The van der Waals surface area contributed by atoms with Crippen LogP contribution < -0.4 is 5.32 Å². The maximum Gasteiger partial charge on any atom is 0.243 e. The first-order valence-electron chi connectivity index (χ1n) is 11.2. The van der Waals surface area contributed by atoms with Gasteiger partial charge in [-0.3, -0.25) is 4.79 Å². The van der Waals surface area contributed by atoms with Crippen LogP contribution in [0.2, 0.25) is 0 Å². The fourth-order valence-corrected chi connectivity index (χ4v) is 7.05. The van der Waals surface area contributed by atoms with E-state index in [1.807, 2.05) is 12.1 Å². The van der Waals surface area contributed by atoms with Gasteiger partial charge in [0, 0.05) is 24.4 Å². The number of rotatable bonds is 9. The molecule has 0 unspecified atom stereocenters. The molecule has 0 amide bonds. The number of thioether (sulfide) groups is 1. The number of sulfonamides is 1. The van der Waals surface area contributed by atoms with Gasteiger partial charge in [0.05, 0.1) is 11.4 Å². The predicted molar refractivity (Wildman–Crippen MR) is 137 cm³/mol. The van der Waals surface area contributed by atoms with Gasteiger partial charge in [-0.1, -0.05) is 66.4 Å². The summed E-state index contributed by atoms with van der Waals surface area (Å²) in [7, 11) is -3.60. The van der Waals surface area contributed by atoms with Crippen molar-refractivity contribution < 1.29 is 13.2 Å². The lowest BCUT2D eigenvalue weighted by molar-refractivity contribution is 0.101. The van der Waals surface area contributed by atoms with Gasteiger partial charge in [0.25, 0.3) is 0 Å². The van der Waals surface area contributed by atoms with E-state index in [2.05, 4.69) is 41.5 Å². The second kappa shape index (κ2) is 11.0. The number of nitrogens with one attached hydrogen (secondary N) is 1. The third-order valence-corrected chi connectivity index (χ3v) is 9.91. The van der Waals surface area contributed by atoms with Crippen LogP contribution in [0.3, 0.4) is 0 Å². The van der Waals surface area contributed by atoms with Crippen molar-refractivity contribution >= 4 is 44.0 Å². The van der Waals surface area contributed by atoms with Crippen molar-refractivity contribution in [2.24, 2.45) is 5.92 Å². The minimum atomic E-state index is -3.60. The quantitative estimate of drug-likeness (QED) is 0.321. The summed E-state index contributed by atoms with van der Waals surface area (Å²) in [6, 6.07) is 14.5. The molecule has 1 aliphatic heterocycles. The monoisotopic (exact) mass is 516 g/mol. The minimum Gasteiger partial charge on any atom is -0.353 e. The molecule has 0 aliphatic carbocycles. The lowest BCUT2D eigenvalue weighted by Crippen LogP contribution is -2.37. The summed E-state index contributed by atoms with van der Waals surface area (Å²) >= 11 is 3.00. The number of aromatic nitrogens is 2. The number of nitrogens with zero attached hydrogens (tertiary/aromatic N) is 3. The topological polar surface area (TPSA) is 92.3 Å². The third kappa shape index (κ3) is 6.04. The molecular formula is C24H28N4O3S3. The van der Waals surface area contributed by atoms with E-state index in [1.54, 1.807) is 30.0 Å². The average Bonchev–Trinajstić information content (AvgIpc) is 3.30. The minimum absolute atomic E-state index is 0.0157. The maximum absolute atomic E-state index is 13.0. The molecule has 0 radical (unpaired) electrons. The van der Waals surface area contributed by atoms with Crippen LogP contribution in [0.4, 0.5) is 5.13 Å². The van der Waals surface area contributed by atoms with E-state index in [0.29, 0.717) is 29.7 Å². The number of piperidine rings is 1. The van der Waals surface area contributed by atoms with Crippen LogP contribution in [0.1, 0.15) is 41.3 Å². The van der Waals surface area contributed by atoms with Crippen molar-refractivity contribution in [1.29, 1.82) is 0 Å². The fourth-order valence-electron chi connectivity index (χ4n) is 3.71. The van der Waals surface area contributed by atoms with Gasteiger partial charge in [-0.05, 0) is 48.9 Å². The third-order valence-electron chi connectivity index (χ3n) is 5.96. The summed E-state index contributed by atoms with van der Waals surface area (Å²) in [5, 5.41) is 11.9. The van der Waals surface area contributed by atoms with Crippen LogP contribution in [0.5, 0.6) is 0 Å². The Morgan fingerprint density at radius 2 is 1.91 bits per heavy atom. The highest BCUT2D eigenvalue weighted by atomic mass is 32.2. The second-order valence-corrected chi connectivity index (χ2v) is 12.6. The Morgan fingerprint density at radius 3 is 2.68 bits per heavy atom. The Bertz CT molecular complexity index is 1250. The van der Waals surface area contributed by atoms with Crippen LogP contribution in [-0.2, 0) is 15.8 Å². The molecule has 4 rings (SSSR count). The number of ketones is 1. The van der Waals surface area contributed by atoms with Crippen LogP contribution in [0.15, 0.2) is 57.8 Å². The van der Waals surface area contributed by atoms with E-state index >= 15 is 0 Å². The number of aryl methyl sites for hydroxylation is 1. The Hall–Kier alpha value is -2.27. The molecule has 3 aromatic rings. The normalized spacial score (nSPS) is 15.4. The van der Waals surface area contributed by atoms with Crippen molar-refractivity contribution in [2.75, 3.05) is 25.0 Å². The van der Waals surface area contributed by atoms with Crippen LogP contribution >= 0.6 is 23.1 Å². The fraction of sp³-hybridized carbons (Fsp3) is 0.375. The Morgan fingerprint density at radius 1 is 1.15 bits per heavy atom. The number of carbonyl (C=O) groups excluding carboxylic acids is 1. The zero-order valence-electron chi connectivity index (χ0n) is 19.2. The van der Waals surface area contributed by atoms with Gasteiger partial charge in [0.2, 0.25) is 15.2 Å². The summed E-state index contributed by atoms with van der Waals surface area (Å²) in [6.07, 6.45) is 1.71. The van der Waals surface area contributed by atoms with E-state index in [1.165, 1.54) is 32.8 Å². The van der Waals surface area contributed by atoms with Gasteiger partial charge in [-0.15, -0.1) is 10.2 Å². The molecule has 1 aliphatic rings. The maximum atomic E-state index is 13.0. The molecule has 0 atom stereocenters. The predicted octanol–water partition coefficient (Wildman–Crippen LogP) is 4.85. The molecule has 7 nitrogen and oxygen atoms in total. The first kappa shape index (κ1) is 24.8. The summed E-state index contributed by atoms with van der Waals surface area (Å²) in [4.78, 5) is 12.9. The highest BCUT2D eigenvalue weighted by molar-refractivity contribution is 8.00. The van der Waals surface area contributed by atoms with E-state index in [0.717, 1.165) is 22.9 Å². The van der Waals surface area contributed by atoms with Gasteiger partial charge in [0.15, 0.2) is 10.1 Å². The van der Waals surface area contributed by atoms with E-state index in [-0.39, 0.29) is 17.2 Å². The van der Waals surface area contributed by atoms with Crippen molar-refractivity contribution in [1.82, 2.24) is 14.5 Å². The molecule has 2 aromatic carbocycles. The summed E-state index contributed by atoms with van der Waals surface area (Å²) in [5.41, 5.74) is 2.85. The number of hydrogen-bond donors (Lipinski definition) is 1. The smallest absolute Gasteiger partial charge is 0.243 e. The second-order valence-electron chi connectivity index (χ2n) is 8.48. The van der Waals surface area contributed by atoms with Gasteiger partial charge in [-0.25, -0.2) is 8.42 Å². The first-order valence-corrected chi connectivity index (χ1v) is 14.5. The first-order chi connectivity index (χ1) is 16.3. The number of anilines is 1. The van der Waals surface area contributed by atoms with E-state index in [4.69, 9.17) is 0 Å². The van der Waals surface area contributed by atoms with Crippen LogP contribution in [0, 0.1) is 12.8 Å². The van der Waals surface area contributed by atoms with Gasteiger partial charge in [0.1, 0.15) is 0 Å². The summed E-state index contributed by atoms with van der Waals surface area (Å²) < 4.78 is 28.4. The molecule has 1 aromatic heterocycles. The molecule has 0 bridgehead atoms. The van der Waals surface area contributed by atoms with Crippen LogP contribution in [0.25, 0.3) is 0 Å². The van der Waals surface area contributed by atoms with Crippen molar-refractivity contribution in [2.45, 2.75) is 41.7 Å². The molecule has 0 saturated carbocycles. The number of hydrogen-bond acceptors (Lipinski definition) is 8. The Balaban J connectivity index is 1.34. The molecule has 1 fully saturated rings. The number of carbonyl (C=O) groups is 1. The standard InChI is InChI=1S/C24H28N4O3S3/c1-17-10-12-28(13-11-17)34(30,31)21-9-5-8-19(14-21)22(29)15-25-23-26-27-24(33-23)32-16-20-7-4-3-6-18(20)2/h3-9,14,17H,10-13,15-16H2,1-2H3,(H,25,26). The molecule has 2 heterocycles. The molecule has 1 N–H and O–H groups in total. The molecule has 34 heavy (non-hydrogen) atoms. The molecule has 0 spiro atoms. The van der Waals surface area contributed by atoms with Crippen LogP contribution in [-0.4, -0.2) is 48.3 Å². The lowest BCUT2D eigenvalue weighted by atomic mass is 10.0. The van der Waals surface area contributed by atoms with Crippen molar-refractivity contribution in [3.8, 4) is 0 Å². The van der Waals surface area contributed by atoms with Crippen molar-refractivity contribution in [3.05, 3.63) is 65.2 Å². The molecule has 180 valence electrons. The number of benzene rings is 2. The molecule has 1 saturated heterocycles. The van der Waals surface area contributed by atoms with E-state index in [9.17, 15) is 13.2 Å². The van der Waals surface area contributed by atoms with Crippen molar-refractivity contribution in [3.63, 3.8) is 0 Å². The Labute approximate surface area is 209 Å². The number of Topliss-reactive ketones (excluding diaryl/α,β-unsaturated/α-hetero) is 1. The SMILES string of the molecule is Cc1ccccc1CSc1nnc(NCC(=O)c2cccc(S(=O)(=O)N3CCC(C)CC3)c2)s1. The van der Waals surface area contributed by atoms with Gasteiger partial charge in [-0.2, -0.15) is 4.31 Å². The highest BCUT2D eigenvalue weighted by Gasteiger charge is 2.28. The highest BCUT2D eigenvalue weighted by Crippen LogP contribution is 2.29. The molecule has 10 heteroatoms. The lowest BCUT2D eigenvalue weighted by Gasteiger charge is -2.29. The van der Waals surface area contributed by atoms with Gasteiger partial charge < -0.3 is 5.32 Å². The summed E-state index contributed by atoms with van der Waals surface area (Å²) in [6.45, 7) is 5.28. The molecular weight excluding hydrogens is 488 g/mol. The largest absolute Gasteiger partial charge is 0.353 e. The average molecular weight is 517 g/mol. The zero-order chi connectivity index (χ0) is 24.1.